The van der Waals surface area contributed by atoms with E-state index in [9.17, 15) is 9.59 Å². The van der Waals surface area contributed by atoms with Crippen molar-refractivity contribution in [2.24, 2.45) is 5.73 Å². The van der Waals surface area contributed by atoms with Crippen molar-refractivity contribution in [2.75, 3.05) is 7.11 Å². The first-order chi connectivity index (χ1) is 9.76. The Labute approximate surface area is 121 Å². The third-order valence-electron chi connectivity index (χ3n) is 2.51. The van der Waals surface area contributed by atoms with E-state index < -0.39 is 11.9 Å². The fourth-order valence-electron chi connectivity index (χ4n) is 1.60. The lowest BCUT2D eigenvalue weighted by atomic mass is 10.1. The first kappa shape index (κ1) is 16.2. The van der Waals surface area contributed by atoms with Crippen LogP contribution >= 0.6 is 0 Å². The van der Waals surface area contributed by atoms with Crippen LogP contribution in [0.15, 0.2) is 24.0 Å². The highest BCUT2D eigenvalue weighted by Crippen LogP contribution is 2.33. The van der Waals surface area contributed by atoms with Crippen LogP contribution in [0.2, 0.25) is 0 Å². The third kappa shape index (κ3) is 4.07. The summed E-state index contributed by atoms with van der Waals surface area (Å²) >= 11 is 0. The van der Waals surface area contributed by atoms with Gasteiger partial charge in [0.15, 0.2) is 17.3 Å². The van der Waals surface area contributed by atoms with Crippen LogP contribution in [0.4, 0.5) is 0 Å². The van der Waals surface area contributed by atoms with Gasteiger partial charge in [-0.15, -0.1) is 0 Å². The van der Waals surface area contributed by atoms with E-state index in [4.69, 9.17) is 25.7 Å². The van der Waals surface area contributed by atoms with Gasteiger partial charge in [-0.25, -0.2) is 4.79 Å². The molecule has 1 rings (SSSR count). The Morgan fingerprint density at radius 1 is 1.38 bits per heavy atom. The highest BCUT2D eigenvalue weighted by molar-refractivity contribution is 6.00. The van der Waals surface area contributed by atoms with Crippen molar-refractivity contribution >= 4 is 17.6 Å². The first-order valence-electron chi connectivity index (χ1n) is 5.92. The van der Waals surface area contributed by atoms with Crippen molar-refractivity contribution in [1.29, 1.82) is 5.41 Å². The van der Waals surface area contributed by atoms with Gasteiger partial charge in [0.1, 0.15) is 0 Å². The molecule has 0 spiro atoms. The zero-order valence-electron chi connectivity index (χ0n) is 11.9. The van der Waals surface area contributed by atoms with E-state index in [1.807, 2.05) is 0 Å². The number of aromatic carboxylic acids is 1. The van der Waals surface area contributed by atoms with E-state index in [-0.39, 0.29) is 28.5 Å². The maximum Gasteiger partial charge on any atom is 0.335 e. The predicted molar refractivity (Wildman–Crippen MR) is 76.0 cm³/mol. The highest BCUT2D eigenvalue weighted by Gasteiger charge is 2.17. The van der Waals surface area contributed by atoms with Crippen LogP contribution in [0.5, 0.6) is 11.5 Å². The Kier molecular flexibility index (Phi) is 5.06. The Morgan fingerprint density at radius 2 is 2.00 bits per heavy atom. The highest BCUT2D eigenvalue weighted by atomic mass is 16.5. The van der Waals surface area contributed by atoms with E-state index in [1.165, 1.54) is 32.2 Å². The number of carbonyl (C=O) groups is 2. The Balaban J connectivity index is 3.33. The average Bonchev–Trinajstić information content (AvgIpc) is 2.38. The molecule has 7 nitrogen and oxygen atoms in total. The van der Waals surface area contributed by atoms with Crippen LogP contribution in [0, 0.1) is 12.3 Å². The van der Waals surface area contributed by atoms with Crippen LogP contribution in [0.25, 0.3) is 0 Å². The lowest BCUT2D eigenvalue weighted by molar-refractivity contribution is -0.116. The number of nitrogens with two attached hydrogens (primary N) is 1. The molecule has 1 amide bonds. The monoisotopic (exact) mass is 292 g/mol. The maximum absolute atomic E-state index is 11.3. The Morgan fingerprint density at radius 3 is 2.43 bits per heavy atom. The molecule has 4 N–H and O–H groups in total. The minimum Gasteiger partial charge on any atom is -0.493 e. The molecule has 0 saturated carbocycles. The average molecular weight is 292 g/mol. The van der Waals surface area contributed by atoms with Gasteiger partial charge in [0.25, 0.3) is 5.91 Å². The smallest absolute Gasteiger partial charge is 0.335 e. The number of hydrogen-bond donors (Lipinski definition) is 3. The molecule has 0 atom stereocenters. The van der Waals surface area contributed by atoms with Gasteiger partial charge in [0.2, 0.25) is 0 Å². The van der Waals surface area contributed by atoms with Crippen molar-refractivity contribution in [1.82, 2.24) is 0 Å². The number of aryl methyl sites for hydroxylation is 1. The van der Waals surface area contributed by atoms with E-state index in [2.05, 4.69) is 0 Å². The molecule has 0 saturated heterocycles. The standard InChI is InChI=1S/C14H16N2O5/c1-7-4-9(14(18)19)6-10(20-3)12(7)21-11(13(16)17)5-8(2)15/h4-6,15H,1-3H3,(H2,16,17)(H,18,19)/b11-5+,15-8?. The summed E-state index contributed by atoms with van der Waals surface area (Å²) in [5.41, 5.74) is 5.77. The molecule has 1 aromatic carbocycles. The van der Waals surface area contributed by atoms with Crippen molar-refractivity contribution < 1.29 is 24.2 Å². The van der Waals surface area contributed by atoms with Crippen LogP contribution in [0.1, 0.15) is 22.8 Å². The molecule has 1 aromatic rings. The third-order valence-corrected chi connectivity index (χ3v) is 2.51. The SMILES string of the molecule is COc1cc(C(=O)O)cc(C)c1O/C(=C/C(C)=N)C(N)=O. The number of benzene rings is 1. The molecule has 0 aliphatic rings. The van der Waals surface area contributed by atoms with Crippen molar-refractivity contribution in [3.63, 3.8) is 0 Å². The lowest BCUT2D eigenvalue weighted by Crippen LogP contribution is -2.19. The molecular weight excluding hydrogens is 276 g/mol. The van der Waals surface area contributed by atoms with E-state index in [1.54, 1.807) is 6.92 Å². The number of primary amides is 1. The molecule has 0 aliphatic heterocycles. The summed E-state index contributed by atoms with van der Waals surface area (Å²) in [6.45, 7) is 3.07. The van der Waals surface area contributed by atoms with Gasteiger partial charge in [-0.05, 0) is 31.5 Å². The molecular formula is C14H16N2O5. The minimum atomic E-state index is -1.11. The molecule has 112 valence electrons. The number of methoxy groups -OCH3 is 1. The van der Waals surface area contributed by atoms with Gasteiger partial charge in [0, 0.05) is 11.8 Å². The van der Waals surface area contributed by atoms with Crippen LogP contribution < -0.4 is 15.2 Å². The molecule has 0 fully saturated rings. The number of rotatable bonds is 6. The maximum atomic E-state index is 11.3. The summed E-state index contributed by atoms with van der Waals surface area (Å²) in [6.07, 6.45) is 1.17. The van der Waals surface area contributed by atoms with Crippen LogP contribution in [0.3, 0.4) is 0 Å². The molecule has 0 aromatic heterocycles. The number of hydrogen-bond acceptors (Lipinski definition) is 5. The van der Waals surface area contributed by atoms with Gasteiger partial charge >= 0.3 is 5.97 Å². The number of carboxylic acid groups (broad SMARTS) is 1. The topological polar surface area (TPSA) is 123 Å². The quantitative estimate of drug-likeness (QED) is 0.416. The fourth-order valence-corrected chi connectivity index (χ4v) is 1.60. The number of carboxylic acids is 1. The van der Waals surface area contributed by atoms with Crippen molar-refractivity contribution in [2.45, 2.75) is 13.8 Å². The van der Waals surface area contributed by atoms with E-state index >= 15 is 0 Å². The summed E-state index contributed by atoms with van der Waals surface area (Å²) < 4.78 is 10.5. The normalized spacial score (nSPS) is 10.9. The Hall–Kier alpha value is -2.83. The van der Waals surface area contributed by atoms with Gasteiger partial charge in [-0.2, -0.15) is 0 Å². The number of ether oxygens (including phenoxy) is 2. The summed E-state index contributed by atoms with van der Waals surface area (Å²) in [5.74, 6) is -1.85. The molecule has 0 aliphatic carbocycles. The second kappa shape index (κ2) is 6.56. The number of amides is 1. The van der Waals surface area contributed by atoms with Crippen LogP contribution in [-0.2, 0) is 4.79 Å². The largest absolute Gasteiger partial charge is 0.493 e. The minimum absolute atomic E-state index is 0.0320. The lowest BCUT2D eigenvalue weighted by Gasteiger charge is -2.14. The number of carbonyl (C=O) groups excluding carboxylic acids is 1. The predicted octanol–water partition coefficient (Wildman–Crippen LogP) is 1.49. The zero-order chi connectivity index (χ0) is 16.2. The second-order valence-corrected chi connectivity index (χ2v) is 4.29. The van der Waals surface area contributed by atoms with Gasteiger partial charge in [-0.3, -0.25) is 4.79 Å². The summed E-state index contributed by atoms with van der Waals surface area (Å²) in [5, 5.41) is 16.4. The van der Waals surface area contributed by atoms with Gasteiger partial charge in [0.05, 0.1) is 12.7 Å². The molecule has 0 radical (unpaired) electrons. The number of nitrogens with one attached hydrogen (secondary N) is 1. The summed E-state index contributed by atoms with van der Waals surface area (Å²) in [6, 6.07) is 2.66. The summed E-state index contributed by atoms with van der Waals surface area (Å²) in [4.78, 5) is 22.3. The number of allylic oxidation sites excluding steroid dienone is 1. The van der Waals surface area contributed by atoms with Crippen LogP contribution in [-0.4, -0.2) is 29.8 Å². The van der Waals surface area contributed by atoms with Gasteiger partial charge in [-0.1, -0.05) is 0 Å². The van der Waals surface area contributed by atoms with E-state index in [0.29, 0.717) is 5.56 Å². The van der Waals surface area contributed by atoms with Crippen molar-refractivity contribution in [3.8, 4) is 11.5 Å². The molecule has 21 heavy (non-hydrogen) atoms. The summed E-state index contributed by atoms with van der Waals surface area (Å²) in [7, 11) is 1.35. The Bertz CT molecular complexity index is 634. The fraction of sp³-hybridized carbons (Fsp3) is 0.214. The molecule has 0 heterocycles. The van der Waals surface area contributed by atoms with Crippen molar-refractivity contribution in [3.05, 3.63) is 35.1 Å². The molecule has 0 bridgehead atoms. The van der Waals surface area contributed by atoms with E-state index in [0.717, 1.165) is 0 Å². The zero-order valence-corrected chi connectivity index (χ0v) is 11.9. The molecule has 7 heteroatoms. The molecule has 0 unspecified atom stereocenters. The van der Waals surface area contributed by atoms with Gasteiger partial charge < -0.3 is 25.7 Å². The second-order valence-electron chi connectivity index (χ2n) is 4.29. The first-order valence-corrected chi connectivity index (χ1v) is 5.92.